The van der Waals surface area contributed by atoms with Crippen molar-refractivity contribution in [2.24, 2.45) is 5.92 Å². The number of likely N-dealkylation sites (N-methyl/N-ethyl adjacent to an activating group) is 1. The molecular formula is C12H15ClN4O. The molecule has 1 aliphatic heterocycles. The van der Waals surface area contributed by atoms with E-state index in [2.05, 4.69) is 9.97 Å². The molecular weight excluding hydrogens is 252 g/mol. The Balaban J connectivity index is 1.99. The highest BCUT2D eigenvalue weighted by Crippen LogP contribution is 2.40. The van der Waals surface area contributed by atoms with Crippen LogP contribution in [-0.4, -0.2) is 40.5 Å². The van der Waals surface area contributed by atoms with Crippen molar-refractivity contribution >= 4 is 23.4 Å². The van der Waals surface area contributed by atoms with Gasteiger partial charge in [0.15, 0.2) is 0 Å². The number of aryl methyl sites for hydroxylation is 1. The Labute approximate surface area is 111 Å². The molecule has 1 saturated heterocycles. The fourth-order valence-corrected chi connectivity index (χ4v) is 2.73. The van der Waals surface area contributed by atoms with Crippen LogP contribution in [0.3, 0.4) is 0 Å². The van der Waals surface area contributed by atoms with Gasteiger partial charge in [-0.1, -0.05) is 0 Å². The fraction of sp³-hybridized carbons (Fsp3) is 0.583. The lowest BCUT2D eigenvalue weighted by Gasteiger charge is -2.22. The van der Waals surface area contributed by atoms with E-state index in [1.54, 1.807) is 9.80 Å². The molecule has 6 heteroatoms. The van der Waals surface area contributed by atoms with Crippen LogP contribution in [0.15, 0.2) is 6.07 Å². The first-order valence-corrected chi connectivity index (χ1v) is 6.49. The van der Waals surface area contributed by atoms with Gasteiger partial charge in [-0.05, 0) is 37.3 Å². The number of nitrogens with zero attached hydrogens (tertiary/aromatic N) is 4. The quantitative estimate of drug-likeness (QED) is 0.770. The van der Waals surface area contributed by atoms with Gasteiger partial charge in [0.1, 0.15) is 5.82 Å². The highest BCUT2D eigenvalue weighted by Gasteiger charge is 2.45. The molecule has 1 aromatic rings. The van der Waals surface area contributed by atoms with Crippen LogP contribution in [0, 0.1) is 12.8 Å². The second kappa shape index (κ2) is 4.09. The molecule has 0 aromatic carbocycles. The molecule has 1 atom stereocenters. The molecule has 0 spiro atoms. The molecule has 96 valence electrons. The van der Waals surface area contributed by atoms with Crippen LogP contribution in [-0.2, 0) is 0 Å². The zero-order chi connectivity index (χ0) is 12.9. The molecule has 18 heavy (non-hydrogen) atoms. The summed E-state index contributed by atoms with van der Waals surface area (Å²) in [6, 6.07) is 2.05. The molecule has 2 fully saturated rings. The highest BCUT2D eigenvalue weighted by molar-refractivity contribution is 6.28. The molecule has 0 N–H and O–H groups in total. The number of hydrogen-bond acceptors (Lipinski definition) is 3. The summed E-state index contributed by atoms with van der Waals surface area (Å²) >= 11 is 5.88. The Morgan fingerprint density at radius 3 is 2.72 bits per heavy atom. The molecule has 1 aliphatic carbocycles. The van der Waals surface area contributed by atoms with Crippen LogP contribution in [0.1, 0.15) is 18.5 Å². The van der Waals surface area contributed by atoms with E-state index in [1.165, 1.54) is 12.8 Å². The first-order chi connectivity index (χ1) is 8.56. The molecule has 1 aromatic heterocycles. The van der Waals surface area contributed by atoms with Gasteiger partial charge >= 0.3 is 6.03 Å². The van der Waals surface area contributed by atoms with Crippen LogP contribution in [0.5, 0.6) is 0 Å². The van der Waals surface area contributed by atoms with Gasteiger partial charge in [-0.3, -0.25) is 4.90 Å². The second-order valence-electron chi connectivity index (χ2n) is 5.07. The van der Waals surface area contributed by atoms with E-state index >= 15 is 0 Å². The minimum absolute atomic E-state index is 0.000988. The molecule has 1 saturated carbocycles. The van der Waals surface area contributed by atoms with Gasteiger partial charge in [-0.15, -0.1) is 0 Å². The first kappa shape index (κ1) is 11.7. The number of rotatable bonds is 2. The van der Waals surface area contributed by atoms with Crippen molar-refractivity contribution in [2.45, 2.75) is 25.8 Å². The van der Waals surface area contributed by atoms with Crippen molar-refractivity contribution in [3.8, 4) is 0 Å². The lowest BCUT2D eigenvalue weighted by Crippen LogP contribution is -2.36. The second-order valence-corrected chi connectivity index (χ2v) is 5.41. The number of carbonyl (C=O) groups excluding carboxylic acids is 1. The van der Waals surface area contributed by atoms with Crippen LogP contribution < -0.4 is 4.90 Å². The van der Waals surface area contributed by atoms with Gasteiger partial charge in [0.2, 0.25) is 5.28 Å². The van der Waals surface area contributed by atoms with Crippen molar-refractivity contribution in [1.29, 1.82) is 0 Å². The summed E-state index contributed by atoms with van der Waals surface area (Å²) in [5.74, 6) is 1.23. The molecule has 0 unspecified atom stereocenters. The lowest BCUT2D eigenvalue weighted by molar-refractivity contribution is 0.229. The largest absolute Gasteiger partial charge is 0.325 e. The number of aromatic nitrogens is 2. The fourth-order valence-electron chi connectivity index (χ4n) is 2.51. The van der Waals surface area contributed by atoms with Crippen molar-refractivity contribution < 1.29 is 4.79 Å². The van der Waals surface area contributed by atoms with Crippen molar-refractivity contribution in [2.75, 3.05) is 18.5 Å². The Morgan fingerprint density at radius 2 is 2.11 bits per heavy atom. The maximum Gasteiger partial charge on any atom is 0.325 e. The van der Waals surface area contributed by atoms with E-state index in [0.717, 1.165) is 12.2 Å². The van der Waals surface area contributed by atoms with Gasteiger partial charge < -0.3 is 4.90 Å². The number of hydrogen-bond donors (Lipinski definition) is 0. The minimum Gasteiger partial charge on any atom is -0.325 e. The smallest absolute Gasteiger partial charge is 0.325 e. The SMILES string of the molecule is Cc1cc(N2C(=O)N(C)C[C@@H]2C2CC2)nc(Cl)n1. The van der Waals surface area contributed by atoms with Gasteiger partial charge in [0.25, 0.3) is 0 Å². The summed E-state index contributed by atoms with van der Waals surface area (Å²) < 4.78 is 0. The third-order valence-electron chi connectivity index (χ3n) is 3.55. The van der Waals surface area contributed by atoms with E-state index in [1.807, 2.05) is 20.0 Å². The topological polar surface area (TPSA) is 49.3 Å². The van der Waals surface area contributed by atoms with Crippen molar-refractivity contribution in [3.63, 3.8) is 0 Å². The predicted molar refractivity (Wildman–Crippen MR) is 68.8 cm³/mol. The van der Waals surface area contributed by atoms with Crippen LogP contribution >= 0.6 is 11.6 Å². The summed E-state index contributed by atoms with van der Waals surface area (Å²) in [5, 5.41) is 0.196. The zero-order valence-electron chi connectivity index (χ0n) is 10.4. The normalized spacial score (nSPS) is 23.9. The average molecular weight is 267 g/mol. The standard InChI is InChI=1S/C12H15ClN4O/c1-7-5-10(15-11(13)14-7)17-9(8-3-4-8)6-16(2)12(17)18/h5,8-9H,3-4,6H2,1-2H3/t9-/m1/s1. The van der Waals surface area contributed by atoms with Crippen LogP contribution in [0.2, 0.25) is 5.28 Å². The monoisotopic (exact) mass is 266 g/mol. The third-order valence-corrected chi connectivity index (χ3v) is 3.72. The molecule has 2 heterocycles. The van der Waals surface area contributed by atoms with E-state index < -0.39 is 0 Å². The average Bonchev–Trinajstić information content (AvgIpc) is 3.06. The Hall–Kier alpha value is -1.36. The summed E-state index contributed by atoms with van der Waals surface area (Å²) in [4.78, 5) is 24.0. The molecule has 3 rings (SSSR count). The summed E-state index contributed by atoms with van der Waals surface area (Å²) in [5.41, 5.74) is 0.780. The molecule has 2 amide bonds. The van der Waals surface area contributed by atoms with Crippen molar-refractivity contribution in [1.82, 2.24) is 14.9 Å². The minimum atomic E-state index is 0.000988. The first-order valence-electron chi connectivity index (χ1n) is 6.12. The Bertz CT molecular complexity index is 483. The zero-order valence-corrected chi connectivity index (χ0v) is 11.2. The summed E-state index contributed by atoms with van der Waals surface area (Å²) in [6.07, 6.45) is 2.39. The Morgan fingerprint density at radius 1 is 1.39 bits per heavy atom. The maximum atomic E-state index is 12.2. The van der Waals surface area contributed by atoms with E-state index in [4.69, 9.17) is 11.6 Å². The van der Waals surface area contributed by atoms with E-state index in [0.29, 0.717) is 11.7 Å². The Kier molecular flexibility index (Phi) is 2.66. The number of carbonyl (C=O) groups is 1. The van der Waals surface area contributed by atoms with E-state index in [-0.39, 0.29) is 17.4 Å². The highest BCUT2D eigenvalue weighted by atomic mass is 35.5. The van der Waals surface area contributed by atoms with Gasteiger partial charge in [-0.2, -0.15) is 0 Å². The van der Waals surface area contributed by atoms with Gasteiger partial charge in [0, 0.05) is 25.4 Å². The molecule has 5 nitrogen and oxygen atoms in total. The van der Waals surface area contributed by atoms with Crippen LogP contribution in [0.25, 0.3) is 0 Å². The van der Waals surface area contributed by atoms with E-state index in [9.17, 15) is 4.79 Å². The summed E-state index contributed by atoms with van der Waals surface area (Å²) in [6.45, 7) is 2.62. The number of amides is 2. The number of anilines is 1. The third kappa shape index (κ3) is 1.92. The molecule has 0 radical (unpaired) electrons. The van der Waals surface area contributed by atoms with Gasteiger partial charge in [-0.25, -0.2) is 14.8 Å². The van der Waals surface area contributed by atoms with Crippen LogP contribution in [0.4, 0.5) is 10.6 Å². The number of urea groups is 1. The molecule has 2 aliphatic rings. The maximum absolute atomic E-state index is 12.2. The predicted octanol–water partition coefficient (Wildman–Crippen LogP) is 2.09. The number of halogens is 1. The lowest BCUT2D eigenvalue weighted by atomic mass is 10.2. The van der Waals surface area contributed by atoms with Gasteiger partial charge in [0.05, 0.1) is 6.04 Å². The molecule has 0 bridgehead atoms. The van der Waals surface area contributed by atoms with Crippen molar-refractivity contribution in [3.05, 3.63) is 17.0 Å². The summed E-state index contributed by atoms with van der Waals surface area (Å²) in [7, 11) is 1.83.